The van der Waals surface area contributed by atoms with E-state index >= 15 is 0 Å². The number of nitrogens with zero attached hydrogens (tertiary/aromatic N) is 2. The van der Waals surface area contributed by atoms with E-state index in [0.29, 0.717) is 25.4 Å². The molecule has 1 N–H and O–H groups in total. The maximum atomic E-state index is 12.2. The molecule has 8 heteroatoms. The second-order valence-corrected chi connectivity index (χ2v) is 8.27. The first-order valence-corrected chi connectivity index (χ1v) is 10.2. The zero-order chi connectivity index (χ0) is 18.4. The lowest BCUT2D eigenvalue weighted by Gasteiger charge is -2.27. The van der Waals surface area contributed by atoms with Crippen molar-refractivity contribution in [2.45, 2.75) is 13.8 Å². The molecule has 0 radical (unpaired) electrons. The number of anilines is 1. The molecule has 0 bridgehead atoms. The van der Waals surface area contributed by atoms with Crippen molar-refractivity contribution >= 4 is 21.6 Å². The quantitative estimate of drug-likeness (QED) is 0.758. The fourth-order valence-corrected chi connectivity index (χ4v) is 3.74. The van der Waals surface area contributed by atoms with Gasteiger partial charge in [-0.3, -0.25) is 14.0 Å². The molecule has 1 amide bonds. The summed E-state index contributed by atoms with van der Waals surface area (Å²) < 4.78 is 30.7. The molecule has 1 saturated heterocycles. The van der Waals surface area contributed by atoms with Crippen LogP contribution in [0.1, 0.15) is 11.1 Å². The number of aryl methyl sites for hydroxylation is 2. The van der Waals surface area contributed by atoms with Crippen molar-refractivity contribution in [3.8, 4) is 0 Å². The Bertz CT molecular complexity index is 700. The van der Waals surface area contributed by atoms with Gasteiger partial charge in [0.25, 0.3) is 0 Å². The number of hydrogen-bond donors (Lipinski definition) is 1. The number of ether oxygens (including phenoxy) is 1. The zero-order valence-corrected chi connectivity index (χ0v) is 15.9. The molecular formula is C17H27N3O4S. The molecule has 0 aromatic heterocycles. The maximum Gasteiger partial charge on any atom is 0.240 e. The summed E-state index contributed by atoms with van der Waals surface area (Å²) in [5.41, 5.74) is 2.41. The summed E-state index contributed by atoms with van der Waals surface area (Å²) in [4.78, 5) is 14.4. The van der Waals surface area contributed by atoms with Crippen molar-refractivity contribution in [1.82, 2.24) is 10.2 Å². The summed E-state index contributed by atoms with van der Waals surface area (Å²) in [6.45, 7) is 7.93. The Kier molecular flexibility index (Phi) is 6.80. The van der Waals surface area contributed by atoms with Crippen molar-refractivity contribution in [3.63, 3.8) is 0 Å². The van der Waals surface area contributed by atoms with Gasteiger partial charge in [-0.2, -0.15) is 0 Å². The number of carbonyl (C=O) groups is 1. The van der Waals surface area contributed by atoms with Crippen LogP contribution in [-0.4, -0.2) is 71.4 Å². The third-order valence-electron chi connectivity index (χ3n) is 4.16. The molecule has 0 spiro atoms. The minimum absolute atomic E-state index is 0.216. The molecule has 1 aliphatic heterocycles. The average Bonchev–Trinajstić information content (AvgIpc) is 2.53. The Labute approximate surface area is 150 Å². The summed E-state index contributed by atoms with van der Waals surface area (Å²) in [5.74, 6) is -0.307. The highest BCUT2D eigenvalue weighted by Crippen LogP contribution is 2.23. The van der Waals surface area contributed by atoms with Gasteiger partial charge in [-0.15, -0.1) is 0 Å². The lowest BCUT2D eigenvalue weighted by Crippen LogP contribution is -2.44. The van der Waals surface area contributed by atoms with Crippen LogP contribution in [0.25, 0.3) is 0 Å². The van der Waals surface area contributed by atoms with Gasteiger partial charge in [0.1, 0.15) is 6.54 Å². The molecule has 1 aromatic carbocycles. The Morgan fingerprint density at radius 3 is 2.56 bits per heavy atom. The summed E-state index contributed by atoms with van der Waals surface area (Å²) in [7, 11) is -3.55. The van der Waals surface area contributed by atoms with E-state index in [-0.39, 0.29) is 12.5 Å². The van der Waals surface area contributed by atoms with Gasteiger partial charge in [0.05, 0.1) is 25.2 Å². The Morgan fingerprint density at radius 2 is 1.96 bits per heavy atom. The predicted molar refractivity (Wildman–Crippen MR) is 98.4 cm³/mol. The van der Waals surface area contributed by atoms with Crippen LogP contribution in [0, 0.1) is 13.8 Å². The molecule has 25 heavy (non-hydrogen) atoms. The Hall–Kier alpha value is -1.64. The van der Waals surface area contributed by atoms with E-state index in [9.17, 15) is 13.2 Å². The minimum atomic E-state index is -3.55. The molecule has 1 heterocycles. The summed E-state index contributed by atoms with van der Waals surface area (Å²) in [6.07, 6.45) is 1.12. The lowest BCUT2D eigenvalue weighted by molar-refractivity contribution is -0.119. The number of carbonyl (C=O) groups excluding carboxylic acids is 1. The highest BCUT2D eigenvalue weighted by Gasteiger charge is 2.22. The van der Waals surface area contributed by atoms with Gasteiger partial charge < -0.3 is 10.1 Å². The van der Waals surface area contributed by atoms with E-state index in [1.807, 2.05) is 26.0 Å². The Morgan fingerprint density at radius 1 is 1.28 bits per heavy atom. The van der Waals surface area contributed by atoms with Crippen molar-refractivity contribution in [3.05, 3.63) is 29.3 Å². The van der Waals surface area contributed by atoms with Gasteiger partial charge in [0.2, 0.25) is 15.9 Å². The summed E-state index contributed by atoms with van der Waals surface area (Å²) in [5, 5.41) is 2.81. The molecular weight excluding hydrogens is 342 g/mol. The van der Waals surface area contributed by atoms with Gasteiger partial charge in [0, 0.05) is 26.2 Å². The normalized spacial score (nSPS) is 15.8. The molecule has 7 nitrogen and oxygen atoms in total. The first-order valence-electron chi connectivity index (χ1n) is 8.39. The topological polar surface area (TPSA) is 79.0 Å². The second-order valence-electron chi connectivity index (χ2n) is 6.36. The largest absolute Gasteiger partial charge is 0.379 e. The van der Waals surface area contributed by atoms with Crippen LogP contribution in [-0.2, 0) is 19.6 Å². The molecule has 1 fully saturated rings. The summed E-state index contributed by atoms with van der Waals surface area (Å²) >= 11 is 0. The SMILES string of the molecule is Cc1ccc(N(CC(=O)NCCN2CCOCC2)S(C)(=O)=O)c(C)c1. The van der Waals surface area contributed by atoms with E-state index in [4.69, 9.17) is 4.74 Å². The zero-order valence-electron chi connectivity index (χ0n) is 15.1. The van der Waals surface area contributed by atoms with Crippen molar-refractivity contribution < 1.29 is 17.9 Å². The van der Waals surface area contributed by atoms with Crippen LogP contribution in [0.2, 0.25) is 0 Å². The van der Waals surface area contributed by atoms with Crippen molar-refractivity contribution in [1.29, 1.82) is 0 Å². The highest BCUT2D eigenvalue weighted by molar-refractivity contribution is 7.92. The molecule has 140 valence electrons. The fraction of sp³-hybridized carbons (Fsp3) is 0.588. The smallest absolute Gasteiger partial charge is 0.240 e. The van der Waals surface area contributed by atoms with Gasteiger partial charge in [-0.1, -0.05) is 17.7 Å². The number of rotatable bonds is 7. The van der Waals surface area contributed by atoms with Gasteiger partial charge >= 0.3 is 0 Å². The van der Waals surface area contributed by atoms with Gasteiger partial charge in [-0.25, -0.2) is 8.42 Å². The van der Waals surface area contributed by atoms with E-state index in [0.717, 1.165) is 41.3 Å². The van der Waals surface area contributed by atoms with Crippen LogP contribution in [0.4, 0.5) is 5.69 Å². The number of nitrogens with one attached hydrogen (secondary N) is 1. The van der Waals surface area contributed by atoms with E-state index in [1.165, 1.54) is 0 Å². The molecule has 0 saturated carbocycles. The molecule has 1 aromatic rings. The molecule has 2 rings (SSSR count). The van der Waals surface area contributed by atoms with Crippen LogP contribution in [0.5, 0.6) is 0 Å². The van der Waals surface area contributed by atoms with E-state index < -0.39 is 10.0 Å². The van der Waals surface area contributed by atoms with Crippen molar-refractivity contribution in [2.75, 3.05) is 56.5 Å². The molecule has 0 unspecified atom stereocenters. The average molecular weight is 369 g/mol. The first kappa shape index (κ1) is 19.7. The highest BCUT2D eigenvalue weighted by atomic mass is 32.2. The number of morpholine rings is 1. The van der Waals surface area contributed by atoms with E-state index in [2.05, 4.69) is 10.2 Å². The third-order valence-corrected chi connectivity index (χ3v) is 5.29. The fourth-order valence-electron chi connectivity index (χ4n) is 2.83. The van der Waals surface area contributed by atoms with Crippen molar-refractivity contribution in [2.24, 2.45) is 0 Å². The monoisotopic (exact) mass is 369 g/mol. The van der Waals surface area contributed by atoms with Crippen LogP contribution < -0.4 is 9.62 Å². The van der Waals surface area contributed by atoms with E-state index in [1.54, 1.807) is 6.07 Å². The minimum Gasteiger partial charge on any atom is -0.379 e. The number of amides is 1. The second kappa shape index (κ2) is 8.64. The number of benzene rings is 1. The molecule has 1 aliphatic rings. The predicted octanol–water partition coefficient (Wildman–Crippen LogP) is 0.518. The third kappa shape index (κ3) is 5.98. The lowest BCUT2D eigenvalue weighted by atomic mass is 10.1. The molecule has 0 aliphatic carbocycles. The maximum absolute atomic E-state index is 12.2. The number of sulfonamides is 1. The Balaban J connectivity index is 1.96. The van der Waals surface area contributed by atoms with Crippen LogP contribution in [0.15, 0.2) is 18.2 Å². The van der Waals surface area contributed by atoms with Gasteiger partial charge in [-0.05, 0) is 25.5 Å². The van der Waals surface area contributed by atoms with Gasteiger partial charge in [0.15, 0.2) is 0 Å². The number of hydrogen-bond acceptors (Lipinski definition) is 5. The van der Waals surface area contributed by atoms with Crippen LogP contribution >= 0.6 is 0 Å². The first-order chi connectivity index (χ1) is 11.8. The summed E-state index contributed by atoms with van der Waals surface area (Å²) in [6, 6.07) is 5.49. The standard InChI is InChI=1S/C17H27N3O4S/c1-14-4-5-16(15(2)12-14)20(25(3,22)23)13-17(21)18-6-7-19-8-10-24-11-9-19/h4-5,12H,6-11,13H2,1-3H3,(H,18,21). The van der Waals surface area contributed by atoms with Crippen LogP contribution in [0.3, 0.4) is 0 Å². The molecule has 0 atom stereocenters.